The van der Waals surface area contributed by atoms with E-state index in [-0.39, 0.29) is 18.0 Å². The lowest BCUT2D eigenvalue weighted by Crippen LogP contribution is -2.53. The summed E-state index contributed by atoms with van der Waals surface area (Å²) in [6.07, 6.45) is 0. The van der Waals surface area contributed by atoms with Crippen molar-refractivity contribution in [2.24, 2.45) is 0 Å². The Kier molecular flexibility index (Phi) is 3.18. The Morgan fingerprint density at radius 2 is 2.21 bits per heavy atom. The molecule has 6 heteroatoms. The summed E-state index contributed by atoms with van der Waals surface area (Å²) in [5.74, 6) is 0.0281. The van der Waals surface area contributed by atoms with Crippen LogP contribution in [-0.2, 0) is 0 Å². The summed E-state index contributed by atoms with van der Waals surface area (Å²) < 4.78 is 0.898. The van der Waals surface area contributed by atoms with E-state index in [1.54, 1.807) is 0 Å². The maximum atomic E-state index is 12.4. The van der Waals surface area contributed by atoms with Crippen molar-refractivity contribution in [2.45, 2.75) is 6.04 Å². The molecule has 3 rings (SSSR count). The van der Waals surface area contributed by atoms with Gasteiger partial charge in [-0.05, 0) is 18.2 Å². The highest BCUT2D eigenvalue weighted by atomic mass is 79.9. The van der Waals surface area contributed by atoms with Crippen LogP contribution in [0.3, 0.4) is 0 Å². The standard InChI is InChI=1S/C13H14BrN3O2/c14-10-3-1-2-9(6-10)12(18)16-4-5-17-11(8-16)7-15-13(17)19/h1-3,6,11H,4-5,7-8H2,(H,15,19). The highest BCUT2D eigenvalue weighted by Gasteiger charge is 2.36. The molecule has 3 amide bonds. The number of nitrogens with zero attached hydrogens (tertiary/aromatic N) is 2. The number of fused-ring (bicyclic) bond motifs is 1. The molecule has 1 unspecified atom stereocenters. The molecule has 100 valence electrons. The van der Waals surface area contributed by atoms with Crippen molar-refractivity contribution < 1.29 is 9.59 Å². The third-order valence-electron chi connectivity index (χ3n) is 3.59. The van der Waals surface area contributed by atoms with Crippen LogP contribution >= 0.6 is 15.9 Å². The van der Waals surface area contributed by atoms with Crippen LogP contribution in [0, 0.1) is 0 Å². The molecular formula is C13H14BrN3O2. The topological polar surface area (TPSA) is 52.7 Å². The summed E-state index contributed by atoms with van der Waals surface area (Å²) in [7, 11) is 0. The van der Waals surface area contributed by atoms with Gasteiger partial charge in [0.25, 0.3) is 5.91 Å². The molecule has 1 N–H and O–H groups in total. The van der Waals surface area contributed by atoms with Crippen molar-refractivity contribution in [1.82, 2.24) is 15.1 Å². The fourth-order valence-corrected chi connectivity index (χ4v) is 2.99. The van der Waals surface area contributed by atoms with E-state index in [4.69, 9.17) is 0 Å². The molecule has 2 aliphatic heterocycles. The first-order chi connectivity index (χ1) is 9.15. The van der Waals surface area contributed by atoms with Gasteiger partial charge in [0.05, 0.1) is 6.04 Å². The van der Waals surface area contributed by atoms with E-state index in [0.29, 0.717) is 31.7 Å². The largest absolute Gasteiger partial charge is 0.336 e. The second kappa shape index (κ2) is 4.85. The molecule has 0 aliphatic carbocycles. The quantitative estimate of drug-likeness (QED) is 0.847. The van der Waals surface area contributed by atoms with Crippen molar-refractivity contribution in [2.75, 3.05) is 26.2 Å². The molecule has 0 spiro atoms. The van der Waals surface area contributed by atoms with Crippen LogP contribution in [0.1, 0.15) is 10.4 Å². The van der Waals surface area contributed by atoms with E-state index in [2.05, 4.69) is 21.2 Å². The Morgan fingerprint density at radius 1 is 1.37 bits per heavy atom. The molecule has 2 fully saturated rings. The van der Waals surface area contributed by atoms with Crippen LogP contribution in [0.25, 0.3) is 0 Å². The molecule has 5 nitrogen and oxygen atoms in total. The van der Waals surface area contributed by atoms with Crippen molar-refractivity contribution in [3.8, 4) is 0 Å². The van der Waals surface area contributed by atoms with Gasteiger partial charge in [0.15, 0.2) is 0 Å². The zero-order valence-corrected chi connectivity index (χ0v) is 11.9. The number of carbonyl (C=O) groups is 2. The third kappa shape index (κ3) is 2.32. The normalized spacial score (nSPS) is 22.2. The number of hydrogen-bond acceptors (Lipinski definition) is 2. The summed E-state index contributed by atoms with van der Waals surface area (Å²) in [6, 6.07) is 7.49. The highest BCUT2D eigenvalue weighted by Crippen LogP contribution is 2.18. The van der Waals surface area contributed by atoms with Gasteiger partial charge in [0.2, 0.25) is 0 Å². The van der Waals surface area contributed by atoms with Crippen molar-refractivity contribution >= 4 is 27.9 Å². The molecule has 19 heavy (non-hydrogen) atoms. The van der Waals surface area contributed by atoms with E-state index in [9.17, 15) is 9.59 Å². The zero-order chi connectivity index (χ0) is 13.4. The fourth-order valence-electron chi connectivity index (χ4n) is 2.59. The second-order valence-corrected chi connectivity index (χ2v) is 5.71. The first-order valence-electron chi connectivity index (χ1n) is 6.24. The molecule has 1 aromatic rings. The number of carbonyl (C=O) groups excluding carboxylic acids is 2. The lowest BCUT2D eigenvalue weighted by molar-refractivity contribution is 0.0617. The molecule has 0 aromatic heterocycles. The maximum absolute atomic E-state index is 12.4. The lowest BCUT2D eigenvalue weighted by Gasteiger charge is -2.36. The van der Waals surface area contributed by atoms with Crippen LogP contribution in [0.2, 0.25) is 0 Å². The van der Waals surface area contributed by atoms with Gasteiger partial charge in [-0.2, -0.15) is 0 Å². The fraction of sp³-hybridized carbons (Fsp3) is 0.385. The molecule has 2 saturated heterocycles. The highest BCUT2D eigenvalue weighted by molar-refractivity contribution is 9.10. The van der Waals surface area contributed by atoms with Crippen molar-refractivity contribution in [1.29, 1.82) is 0 Å². The number of amides is 3. The van der Waals surface area contributed by atoms with Crippen LogP contribution < -0.4 is 5.32 Å². The monoisotopic (exact) mass is 323 g/mol. The molecule has 2 aliphatic rings. The van der Waals surface area contributed by atoms with Crippen LogP contribution in [0.5, 0.6) is 0 Å². The van der Waals surface area contributed by atoms with E-state index >= 15 is 0 Å². The van der Waals surface area contributed by atoms with Gasteiger partial charge < -0.3 is 15.1 Å². The first-order valence-corrected chi connectivity index (χ1v) is 7.04. The van der Waals surface area contributed by atoms with Crippen LogP contribution in [0.4, 0.5) is 4.79 Å². The van der Waals surface area contributed by atoms with Gasteiger partial charge in [-0.25, -0.2) is 4.79 Å². The number of piperazine rings is 1. The molecular weight excluding hydrogens is 310 g/mol. The number of urea groups is 1. The smallest absolute Gasteiger partial charge is 0.317 e. The van der Waals surface area contributed by atoms with E-state index in [1.807, 2.05) is 34.1 Å². The van der Waals surface area contributed by atoms with Crippen LogP contribution in [-0.4, -0.2) is 54.0 Å². The number of halogens is 1. The SMILES string of the molecule is O=C(c1cccc(Br)c1)N1CCN2C(=O)NCC2C1. The van der Waals surface area contributed by atoms with Gasteiger partial charge in [-0.1, -0.05) is 22.0 Å². The van der Waals surface area contributed by atoms with E-state index in [1.165, 1.54) is 0 Å². The zero-order valence-electron chi connectivity index (χ0n) is 10.3. The van der Waals surface area contributed by atoms with E-state index in [0.717, 1.165) is 4.47 Å². The average Bonchev–Trinajstić information content (AvgIpc) is 2.79. The average molecular weight is 324 g/mol. The van der Waals surface area contributed by atoms with E-state index < -0.39 is 0 Å². The summed E-state index contributed by atoms with van der Waals surface area (Å²) in [6.45, 7) is 2.43. The van der Waals surface area contributed by atoms with Gasteiger partial charge in [0, 0.05) is 36.2 Å². The van der Waals surface area contributed by atoms with Gasteiger partial charge in [-0.15, -0.1) is 0 Å². The minimum Gasteiger partial charge on any atom is -0.336 e. The lowest BCUT2D eigenvalue weighted by atomic mass is 10.1. The summed E-state index contributed by atoms with van der Waals surface area (Å²) in [5.41, 5.74) is 0.681. The summed E-state index contributed by atoms with van der Waals surface area (Å²) in [5, 5.41) is 2.81. The Bertz CT molecular complexity index is 534. The molecule has 2 heterocycles. The minimum absolute atomic E-state index is 0.0143. The molecule has 1 atom stereocenters. The minimum atomic E-state index is -0.0143. The molecule has 0 saturated carbocycles. The Balaban J connectivity index is 1.74. The van der Waals surface area contributed by atoms with Gasteiger partial charge in [-0.3, -0.25) is 4.79 Å². The molecule has 0 bridgehead atoms. The predicted molar refractivity (Wildman–Crippen MR) is 73.9 cm³/mol. The number of nitrogens with one attached hydrogen (secondary N) is 1. The van der Waals surface area contributed by atoms with Crippen LogP contribution in [0.15, 0.2) is 28.7 Å². The van der Waals surface area contributed by atoms with Gasteiger partial charge >= 0.3 is 6.03 Å². The third-order valence-corrected chi connectivity index (χ3v) is 4.08. The van der Waals surface area contributed by atoms with Crippen molar-refractivity contribution in [3.05, 3.63) is 34.3 Å². The number of benzene rings is 1. The predicted octanol–water partition coefficient (Wildman–Crippen LogP) is 1.30. The first kappa shape index (κ1) is 12.5. The Hall–Kier alpha value is -1.56. The Morgan fingerprint density at radius 3 is 3.00 bits per heavy atom. The molecule has 0 radical (unpaired) electrons. The second-order valence-electron chi connectivity index (χ2n) is 4.79. The summed E-state index contributed by atoms with van der Waals surface area (Å²) >= 11 is 3.37. The molecule has 1 aromatic carbocycles. The number of hydrogen-bond donors (Lipinski definition) is 1. The van der Waals surface area contributed by atoms with Crippen molar-refractivity contribution in [3.63, 3.8) is 0 Å². The summed E-state index contributed by atoms with van der Waals surface area (Å²) in [4.78, 5) is 27.5. The van der Waals surface area contributed by atoms with Gasteiger partial charge in [0.1, 0.15) is 0 Å². The Labute approximate surface area is 119 Å². The maximum Gasteiger partial charge on any atom is 0.317 e. The number of rotatable bonds is 1.